The molecule has 124 valence electrons. The van der Waals surface area contributed by atoms with Crippen LogP contribution in [-0.2, 0) is 6.42 Å². The smallest absolute Gasteiger partial charge is 0.251 e. The van der Waals surface area contributed by atoms with Crippen LogP contribution in [0.1, 0.15) is 40.8 Å². The average molecular weight is 340 g/mol. The van der Waals surface area contributed by atoms with Crippen molar-refractivity contribution in [2.45, 2.75) is 26.2 Å². The molecule has 0 unspecified atom stereocenters. The summed E-state index contributed by atoms with van der Waals surface area (Å²) in [5, 5.41) is 6.11. The van der Waals surface area contributed by atoms with Crippen molar-refractivity contribution in [2.75, 3.05) is 6.54 Å². The highest BCUT2D eigenvalue weighted by molar-refractivity contribution is 7.09. The molecule has 1 amide bonds. The molecule has 5 nitrogen and oxygen atoms in total. The van der Waals surface area contributed by atoms with Gasteiger partial charge in [0.25, 0.3) is 5.91 Å². The lowest BCUT2D eigenvalue weighted by Crippen LogP contribution is -2.25. The summed E-state index contributed by atoms with van der Waals surface area (Å²) < 4.78 is 1.90. The van der Waals surface area contributed by atoms with Gasteiger partial charge in [0.1, 0.15) is 0 Å². The summed E-state index contributed by atoms with van der Waals surface area (Å²) >= 11 is 1.65. The number of carbonyl (C=O) groups is 1. The second-order valence-corrected chi connectivity index (χ2v) is 6.79. The number of nitrogens with one attached hydrogen (secondary N) is 1. The Morgan fingerprint density at radius 2 is 2.08 bits per heavy atom. The van der Waals surface area contributed by atoms with Gasteiger partial charge >= 0.3 is 0 Å². The number of benzene rings is 1. The normalized spacial score (nSPS) is 11.0. The van der Waals surface area contributed by atoms with Gasteiger partial charge in [-0.1, -0.05) is 13.8 Å². The molecule has 3 aromatic rings. The van der Waals surface area contributed by atoms with Gasteiger partial charge in [0.2, 0.25) is 0 Å². The van der Waals surface area contributed by atoms with Crippen molar-refractivity contribution in [3.8, 4) is 5.69 Å². The molecule has 0 fully saturated rings. The molecule has 2 heterocycles. The van der Waals surface area contributed by atoms with Crippen molar-refractivity contribution in [1.82, 2.24) is 19.9 Å². The number of aromatic nitrogens is 3. The number of nitrogens with zero attached hydrogens (tertiary/aromatic N) is 3. The van der Waals surface area contributed by atoms with Crippen LogP contribution in [0.2, 0.25) is 0 Å². The van der Waals surface area contributed by atoms with Gasteiger partial charge in [-0.3, -0.25) is 4.79 Å². The number of imidazole rings is 1. The average Bonchev–Trinajstić information content (AvgIpc) is 3.27. The molecular weight excluding hydrogens is 320 g/mol. The Morgan fingerprint density at radius 3 is 2.71 bits per heavy atom. The molecule has 0 bridgehead atoms. The van der Waals surface area contributed by atoms with Crippen molar-refractivity contribution in [3.63, 3.8) is 0 Å². The lowest BCUT2D eigenvalue weighted by molar-refractivity contribution is 0.0954. The highest BCUT2D eigenvalue weighted by Crippen LogP contribution is 2.17. The first-order valence-corrected chi connectivity index (χ1v) is 8.82. The van der Waals surface area contributed by atoms with Crippen molar-refractivity contribution < 1.29 is 4.79 Å². The molecule has 6 heteroatoms. The summed E-state index contributed by atoms with van der Waals surface area (Å²) in [7, 11) is 0. The summed E-state index contributed by atoms with van der Waals surface area (Å²) in [6.45, 7) is 4.86. The van der Waals surface area contributed by atoms with Crippen LogP contribution in [0.3, 0.4) is 0 Å². The summed E-state index contributed by atoms with van der Waals surface area (Å²) in [5.74, 6) is 0.381. The highest BCUT2D eigenvalue weighted by atomic mass is 32.1. The van der Waals surface area contributed by atoms with Gasteiger partial charge in [-0.2, -0.15) is 0 Å². The van der Waals surface area contributed by atoms with Crippen LogP contribution < -0.4 is 5.32 Å². The summed E-state index contributed by atoms with van der Waals surface area (Å²) in [4.78, 5) is 20.8. The number of rotatable bonds is 6. The SMILES string of the molecule is CC(C)c1csc(CCNC(=O)c2ccc(-n3ccnc3)cc2)n1. The van der Waals surface area contributed by atoms with Gasteiger partial charge in [0.05, 0.1) is 17.0 Å². The zero-order valence-electron chi connectivity index (χ0n) is 13.8. The molecule has 1 aromatic carbocycles. The molecule has 0 aliphatic heterocycles. The van der Waals surface area contributed by atoms with Crippen LogP contribution in [0.15, 0.2) is 48.4 Å². The van der Waals surface area contributed by atoms with Gasteiger partial charge in [-0.15, -0.1) is 11.3 Å². The van der Waals surface area contributed by atoms with E-state index in [4.69, 9.17) is 0 Å². The fourth-order valence-electron chi connectivity index (χ4n) is 2.29. The van der Waals surface area contributed by atoms with E-state index in [0.717, 1.165) is 22.8 Å². The molecular formula is C18H20N4OS. The number of carbonyl (C=O) groups excluding carboxylic acids is 1. The van der Waals surface area contributed by atoms with E-state index in [1.54, 1.807) is 23.9 Å². The van der Waals surface area contributed by atoms with Crippen LogP contribution in [0.25, 0.3) is 5.69 Å². The predicted molar refractivity (Wildman–Crippen MR) is 95.8 cm³/mol. The quantitative estimate of drug-likeness (QED) is 0.748. The molecule has 1 N–H and O–H groups in total. The lowest BCUT2D eigenvalue weighted by Gasteiger charge is -2.06. The van der Waals surface area contributed by atoms with Crippen LogP contribution >= 0.6 is 11.3 Å². The number of thiazole rings is 1. The summed E-state index contributed by atoms with van der Waals surface area (Å²) in [6.07, 6.45) is 6.09. The third-order valence-electron chi connectivity index (χ3n) is 3.72. The second-order valence-electron chi connectivity index (χ2n) is 5.84. The van der Waals surface area contributed by atoms with Gasteiger partial charge in [-0.25, -0.2) is 9.97 Å². The Balaban J connectivity index is 1.53. The van der Waals surface area contributed by atoms with Gasteiger partial charge < -0.3 is 9.88 Å². The number of amides is 1. The van der Waals surface area contributed by atoms with Gasteiger partial charge in [0.15, 0.2) is 0 Å². The third kappa shape index (κ3) is 3.89. The van der Waals surface area contributed by atoms with E-state index >= 15 is 0 Å². The molecule has 0 saturated carbocycles. The monoisotopic (exact) mass is 340 g/mol. The topological polar surface area (TPSA) is 59.8 Å². The van der Waals surface area contributed by atoms with Crippen LogP contribution in [0, 0.1) is 0 Å². The Hall–Kier alpha value is -2.47. The molecule has 0 aliphatic rings. The third-order valence-corrected chi connectivity index (χ3v) is 4.64. The first-order valence-electron chi connectivity index (χ1n) is 7.94. The van der Waals surface area contributed by atoms with Crippen molar-refractivity contribution in [2.24, 2.45) is 0 Å². The largest absolute Gasteiger partial charge is 0.352 e. The van der Waals surface area contributed by atoms with E-state index in [0.29, 0.717) is 18.0 Å². The molecule has 24 heavy (non-hydrogen) atoms. The van der Waals surface area contributed by atoms with Crippen LogP contribution in [-0.4, -0.2) is 27.0 Å². The molecule has 3 rings (SSSR count). The Morgan fingerprint density at radius 1 is 1.29 bits per heavy atom. The van der Waals surface area contributed by atoms with E-state index in [1.807, 2.05) is 35.0 Å². The minimum Gasteiger partial charge on any atom is -0.352 e. The lowest BCUT2D eigenvalue weighted by atomic mass is 10.2. The zero-order valence-corrected chi connectivity index (χ0v) is 14.6. The predicted octanol–water partition coefficient (Wildman–Crippen LogP) is 3.42. The first kappa shape index (κ1) is 16.4. The molecule has 0 atom stereocenters. The standard InChI is InChI=1S/C18H20N4OS/c1-13(2)16-11-24-17(21-16)7-8-20-18(23)14-3-5-15(6-4-14)22-10-9-19-12-22/h3-6,9-13H,7-8H2,1-2H3,(H,20,23). The van der Waals surface area contributed by atoms with E-state index in [9.17, 15) is 4.79 Å². The van der Waals surface area contributed by atoms with Crippen molar-refractivity contribution >= 4 is 17.2 Å². The van der Waals surface area contributed by atoms with Crippen LogP contribution in [0.4, 0.5) is 0 Å². The van der Waals surface area contributed by atoms with Crippen molar-refractivity contribution in [1.29, 1.82) is 0 Å². The van der Waals surface area contributed by atoms with Crippen molar-refractivity contribution in [3.05, 3.63) is 64.6 Å². The van der Waals surface area contributed by atoms with E-state index in [1.165, 1.54) is 0 Å². The van der Waals surface area contributed by atoms with Gasteiger partial charge in [-0.05, 0) is 30.2 Å². The molecule has 0 aliphatic carbocycles. The summed E-state index contributed by atoms with van der Waals surface area (Å²) in [6, 6.07) is 7.47. The fraction of sp³-hybridized carbons (Fsp3) is 0.278. The Labute approximate surface area is 145 Å². The minimum absolute atomic E-state index is 0.0622. The fourth-order valence-corrected chi connectivity index (χ4v) is 3.25. The minimum atomic E-state index is -0.0622. The van der Waals surface area contributed by atoms with Crippen LogP contribution in [0.5, 0.6) is 0 Å². The highest BCUT2D eigenvalue weighted by Gasteiger charge is 2.08. The Bertz CT molecular complexity index is 791. The molecule has 0 spiro atoms. The number of hydrogen-bond donors (Lipinski definition) is 1. The maximum absolute atomic E-state index is 12.2. The van der Waals surface area contributed by atoms with E-state index in [2.05, 4.69) is 34.5 Å². The first-order chi connectivity index (χ1) is 11.6. The second kappa shape index (κ2) is 7.40. The van der Waals surface area contributed by atoms with Gasteiger partial charge in [0, 0.05) is 42.0 Å². The maximum Gasteiger partial charge on any atom is 0.251 e. The van der Waals surface area contributed by atoms with E-state index in [-0.39, 0.29) is 5.91 Å². The molecule has 2 aromatic heterocycles. The molecule has 0 saturated heterocycles. The Kier molecular flexibility index (Phi) is 5.05. The maximum atomic E-state index is 12.2. The zero-order chi connectivity index (χ0) is 16.9. The van der Waals surface area contributed by atoms with E-state index < -0.39 is 0 Å². The summed E-state index contributed by atoms with van der Waals surface area (Å²) in [5.41, 5.74) is 2.75. The molecule has 0 radical (unpaired) electrons. The number of hydrogen-bond acceptors (Lipinski definition) is 4.